The molecule has 0 aliphatic heterocycles. The van der Waals surface area contributed by atoms with Gasteiger partial charge in [0.25, 0.3) is 15.9 Å². The molecular formula is C21H28N2O4S2. The van der Waals surface area contributed by atoms with Crippen molar-refractivity contribution in [1.82, 2.24) is 5.32 Å². The SMILES string of the molecule is CC1CCCC(NC(=O)COc2ccc(N(C)S(=O)(=O)c3cccs3)cc2)C1C. The van der Waals surface area contributed by atoms with Crippen LogP contribution in [0.5, 0.6) is 5.75 Å². The van der Waals surface area contributed by atoms with Gasteiger partial charge in [-0.25, -0.2) is 8.42 Å². The van der Waals surface area contributed by atoms with Gasteiger partial charge < -0.3 is 10.1 Å². The van der Waals surface area contributed by atoms with E-state index >= 15 is 0 Å². The van der Waals surface area contributed by atoms with Crippen LogP contribution in [0.2, 0.25) is 0 Å². The normalized spacial score (nSPS) is 22.1. The average molecular weight is 437 g/mol. The Bertz CT molecular complexity index is 911. The molecule has 3 atom stereocenters. The number of hydrogen-bond donors (Lipinski definition) is 1. The minimum atomic E-state index is -3.57. The van der Waals surface area contributed by atoms with Gasteiger partial charge in [-0.05, 0) is 54.0 Å². The molecule has 158 valence electrons. The molecule has 0 spiro atoms. The third kappa shape index (κ3) is 5.11. The fourth-order valence-corrected chi connectivity index (χ4v) is 5.98. The van der Waals surface area contributed by atoms with E-state index in [2.05, 4.69) is 19.2 Å². The number of anilines is 1. The Balaban J connectivity index is 1.55. The second-order valence-electron chi connectivity index (χ2n) is 7.63. The van der Waals surface area contributed by atoms with Crippen molar-refractivity contribution in [2.75, 3.05) is 18.0 Å². The zero-order valence-corrected chi connectivity index (χ0v) is 18.6. The summed E-state index contributed by atoms with van der Waals surface area (Å²) in [5.74, 6) is 1.48. The maximum atomic E-state index is 12.6. The second kappa shape index (κ2) is 9.17. The van der Waals surface area contributed by atoms with Crippen molar-refractivity contribution >= 4 is 33.0 Å². The summed E-state index contributed by atoms with van der Waals surface area (Å²) in [6.45, 7) is 4.37. The van der Waals surface area contributed by atoms with Crippen molar-refractivity contribution in [3.63, 3.8) is 0 Å². The molecule has 1 aromatic carbocycles. The molecule has 1 aliphatic rings. The molecule has 1 heterocycles. The summed E-state index contributed by atoms with van der Waals surface area (Å²) in [6, 6.07) is 10.2. The van der Waals surface area contributed by atoms with Crippen LogP contribution in [0.15, 0.2) is 46.0 Å². The van der Waals surface area contributed by atoms with Gasteiger partial charge in [-0.15, -0.1) is 11.3 Å². The first-order valence-electron chi connectivity index (χ1n) is 9.83. The highest BCUT2D eigenvalue weighted by atomic mass is 32.2. The van der Waals surface area contributed by atoms with E-state index in [0.29, 0.717) is 27.5 Å². The van der Waals surface area contributed by atoms with Gasteiger partial charge in [-0.3, -0.25) is 9.10 Å². The Morgan fingerprint density at radius 2 is 1.93 bits per heavy atom. The molecule has 1 N–H and O–H groups in total. The number of amides is 1. The zero-order chi connectivity index (χ0) is 21.0. The zero-order valence-electron chi connectivity index (χ0n) is 17.0. The predicted molar refractivity (Wildman–Crippen MR) is 116 cm³/mol. The lowest BCUT2D eigenvalue weighted by atomic mass is 9.78. The molecule has 6 nitrogen and oxygen atoms in total. The molecule has 1 aromatic heterocycles. The summed E-state index contributed by atoms with van der Waals surface area (Å²) in [7, 11) is -2.05. The lowest BCUT2D eigenvalue weighted by Gasteiger charge is -2.34. The van der Waals surface area contributed by atoms with Gasteiger partial charge in [0, 0.05) is 13.1 Å². The smallest absolute Gasteiger partial charge is 0.273 e. The number of nitrogens with one attached hydrogen (secondary N) is 1. The lowest BCUT2D eigenvalue weighted by Crippen LogP contribution is -2.45. The van der Waals surface area contributed by atoms with Crippen LogP contribution in [-0.2, 0) is 14.8 Å². The van der Waals surface area contributed by atoms with Crippen LogP contribution in [0, 0.1) is 11.8 Å². The number of benzene rings is 1. The molecule has 1 fully saturated rings. The number of nitrogens with zero attached hydrogens (tertiary/aromatic N) is 1. The molecule has 29 heavy (non-hydrogen) atoms. The molecule has 3 rings (SSSR count). The summed E-state index contributed by atoms with van der Waals surface area (Å²) in [5, 5.41) is 4.82. The van der Waals surface area contributed by atoms with E-state index in [1.807, 2.05) is 0 Å². The molecular weight excluding hydrogens is 408 g/mol. The first-order chi connectivity index (χ1) is 13.8. The average Bonchev–Trinajstić information content (AvgIpc) is 3.25. The van der Waals surface area contributed by atoms with Crippen molar-refractivity contribution in [2.24, 2.45) is 11.8 Å². The monoisotopic (exact) mass is 436 g/mol. The van der Waals surface area contributed by atoms with Crippen molar-refractivity contribution < 1.29 is 17.9 Å². The van der Waals surface area contributed by atoms with Gasteiger partial charge in [-0.2, -0.15) is 0 Å². The van der Waals surface area contributed by atoms with E-state index in [9.17, 15) is 13.2 Å². The highest BCUT2D eigenvalue weighted by molar-refractivity contribution is 7.94. The third-order valence-electron chi connectivity index (χ3n) is 5.73. The fraction of sp³-hybridized carbons (Fsp3) is 0.476. The molecule has 2 aromatic rings. The molecule has 1 aliphatic carbocycles. The number of ether oxygens (including phenoxy) is 1. The van der Waals surface area contributed by atoms with Gasteiger partial charge in [-0.1, -0.05) is 32.8 Å². The van der Waals surface area contributed by atoms with Crippen LogP contribution >= 0.6 is 11.3 Å². The first kappa shape index (κ1) is 21.6. The van der Waals surface area contributed by atoms with Crippen LogP contribution in [0.25, 0.3) is 0 Å². The Labute approximate surface area is 176 Å². The minimum Gasteiger partial charge on any atom is -0.484 e. The molecule has 3 unspecified atom stereocenters. The number of hydrogen-bond acceptors (Lipinski definition) is 5. The van der Waals surface area contributed by atoms with Gasteiger partial charge in [0.05, 0.1) is 5.69 Å². The second-order valence-corrected chi connectivity index (χ2v) is 10.8. The number of rotatable bonds is 7. The van der Waals surface area contributed by atoms with Gasteiger partial charge >= 0.3 is 0 Å². The van der Waals surface area contributed by atoms with Crippen LogP contribution in [0.1, 0.15) is 33.1 Å². The highest BCUT2D eigenvalue weighted by Gasteiger charge is 2.28. The minimum absolute atomic E-state index is 0.0553. The molecule has 1 amide bonds. The molecule has 1 saturated carbocycles. The van der Waals surface area contributed by atoms with Crippen molar-refractivity contribution in [2.45, 2.75) is 43.4 Å². The summed E-state index contributed by atoms with van der Waals surface area (Å²) in [4.78, 5) is 12.3. The Hall–Kier alpha value is -2.06. The van der Waals surface area contributed by atoms with E-state index in [1.165, 1.54) is 29.1 Å². The van der Waals surface area contributed by atoms with E-state index in [0.717, 1.165) is 12.8 Å². The maximum Gasteiger partial charge on any atom is 0.273 e. The summed E-state index contributed by atoms with van der Waals surface area (Å²) >= 11 is 1.18. The van der Waals surface area contributed by atoms with Crippen molar-refractivity contribution in [1.29, 1.82) is 0 Å². The number of sulfonamides is 1. The van der Waals surface area contributed by atoms with Crippen LogP contribution in [0.3, 0.4) is 0 Å². The van der Waals surface area contributed by atoms with E-state index < -0.39 is 10.0 Å². The van der Waals surface area contributed by atoms with E-state index in [1.54, 1.807) is 41.8 Å². The predicted octanol–water partition coefficient (Wildman–Crippen LogP) is 3.89. The summed E-state index contributed by atoms with van der Waals surface area (Å²) in [6.07, 6.45) is 3.37. The van der Waals surface area contributed by atoms with Gasteiger partial charge in [0.1, 0.15) is 9.96 Å². The third-order valence-corrected chi connectivity index (χ3v) is 8.89. The topological polar surface area (TPSA) is 75.7 Å². The summed E-state index contributed by atoms with van der Waals surface area (Å²) in [5.41, 5.74) is 0.528. The van der Waals surface area contributed by atoms with Crippen molar-refractivity contribution in [3.05, 3.63) is 41.8 Å². The van der Waals surface area contributed by atoms with Crippen LogP contribution in [0.4, 0.5) is 5.69 Å². The van der Waals surface area contributed by atoms with Crippen LogP contribution in [-0.4, -0.2) is 34.0 Å². The summed E-state index contributed by atoms with van der Waals surface area (Å²) < 4.78 is 32.3. The lowest BCUT2D eigenvalue weighted by molar-refractivity contribution is -0.124. The molecule has 0 radical (unpaired) electrons. The molecule has 0 saturated heterocycles. The van der Waals surface area contributed by atoms with Crippen molar-refractivity contribution in [3.8, 4) is 5.75 Å². The standard InChI is InChI=1S/C21H28N2O4S2/c1-15-6-4-7-19(16(15)2)22-20(24)14-27-18-11-9-17(10-12-18)23(3)29(25,26)21-8-5-13-28-21/h5,8-13,15-16,19H,4,6-7,14H2,1-3H3,(H,22,24). The highest BCUT2D eigenvalue weighted by Crippen LogP contribution is 2.29. The fourth-order valence-electron chi connectivity index (χ4n) is 3.62. The number of carbonyl (C=O) groups excluding carboxylic acids is 1. The number of thiophene rings is 1. The van der Waals surface area contributed by atoms with E-state index in [-0.39, 0.29) is 18.6 Å². The van der Waals surface area contributed by atoms with Gasteiger partial charge in [0.2, 0.25) is 0 Å². The Morgan fingerprint density at radius 3 is 2.59 bits per heavy atom. The maximum absolute atomic E-state index is 12.6. The molecule has 0 bridgehead atoms. The number of carbonyl (C=O) groups is 1. The Kier molecular flexibility index (Phi) is 6.85. The Morgan fingerprint density at radius 1 is 1.21 bits per heavy atom. The van der Waals surface area contributed by atoms with E-state index in [4.69, 9.17) is 4.74 Å². The first-order valence-corrected chi connectivity index (χ1v) is 12.2. The van der Waals surface area contributed by atoms with Gasteiger partial charge in [0.15, 0.2) is 6.61 Å². The quantitative estimate of drug-likeness (QED) is 0.714. The molecule has 8 heteroatoms. The largest absolute Gasteiger partial charge is 0.484 e. The van der Waals surface area contributed by atoms with Crippen LogP contribution < -0.4 is 14.4 Å².